The van der Waals surface area contributed by atoms with E-state index in [9.17, 15) is 0 Å². The predicted octanol–water partition coefficient (Wildman–Crippen LogP) is 2.32. The average Bonchev–Trinajstić information content (AvgIpc) is 2.47. The third kappa shape index (κ3) is 4.06. The first kappa shape index (κ1) is 15.0. The van der Waals surface area contributed by atoms with Gasteiger partial charge in [-0.3, -0.25) is 9.80 Å². The summed E-state index contributed by atoms with van der Waals surface area (Å²) in [6.45, 7) is 8.20. The van der Waals surface area contributed by atoms with Crippen LogP contribution in [0.5, 0.6) is 0 Å². The number of rotatable bonds is 3. The van der Waals surface area contributed by atoms with Crippen molar-refractivity contribution in [2.75, 3.05) is 26.2 Å². The fourth-order valence-electron chi connectivity index (χ4n) is 4.05. The van der Waals surface area contributed by atoms with Crippen LogP contribution < -0.4 is 5.73 Å². The molecule has 1 aromatic rings. The molecule has 2 aliphatic rings. The van der Waals surface area contributed by atoms with Gasteiger partial charge in [0.2, 0.25) is 0 Å². The summed E-state index contributed by atoms with van der Waals surface area (Å²) in [5.74, 6) is 0.748. The zero-order valence-electron chi connectivity index (χ0n) is 13.2. The van der Waals surface area contributed by atoms with Gasteiger partial charge in [0.1, 0.15) is 0 Å². The minimum absolute atomic E-state index is 0.373. The van der Waals surface area contributed by atoms with Crippen LogP contribution in [0.2, 0.25) is 0 Å². The largest absolute Gasteiger partial charge is 0.327 e. The molecule has 2 aliphatic heterocycles. The maximum atomic E-state index is 6.23. The van der Waals surface area contributed by atoms with Gasteiger partial charge in [0.15, 0.2) is 0 Å². The van der Waals surface area contributed by atoms with E-state index in [4.69, 9.17) is 5.73 Å². The lowest BCUT2D eigenvalue weighted by Crippen LogP contribution is -2.55. The summed E-state index contributed by atoms with van der Waals surface area (Å²) in [6, 6.07) is 11.9. The molecule has 0 saturated carbocycles. The summed E-state index contributed by atoms with van der Waals surface area (Å²) in [4.78, 5) is 5.28. The highest BCUT2D eigenvalue weighted by atomic mass is 15.2. The average molecular weight is 287 g/mol. The zero-order chi connectivity index (χ0) is 14.7. The first-order valence-electron chi connectivity index (χ1n) is 8.46. The molecule has 116 valence electrons. The molecule has 0 spiro atoms. The molecule has 0 radical (unpaired) electrons. The summed E-state index contributed by atoms with van der Waals surface area (Å²) in [5.41, 5.74) is 7.66. The molecule has 2 heterocycles. The Labute approximate surface area is 129 Å². The smallest absolute Gasteiger partial charge is 0.0234 e. The van der Waals surface area contributed by atoms with E-state index in [1.54, 1.807) is 0 Å². The number of piperidine rings is 2. The molecule has 3 heteroatoms. The standard InChI is InChI=1S/C18H29N3/c1-15-10-17(19)13-21(11-15)18-8-5-9-20(14-18)12-16-6-3-2-4-7-16/h2-4,6-7,15,17-18H,5,8-14,19H2,1H3. The Morgan fingerprint density at radius 3 is 2.71 bits per heavy atom. The van der Waals surface area contributed by atoms with Crippen molar-refractivity contribution in [1.82, 2.24) is 9.80 Å². The molecule has 2 saturated heterocycles. The van der Waals surface area contributed by atoms with Crippen LogP contribution in [0.15, 0.2) is 30.3 Å². The van der Waals surface area contributed by atoms with Crippen LogP contribution in [0.1, 0.15) is 31.7 Å². The highest BCUT2D eigenvalue weighted by molar-refractivity contribution is 5.14. The predicted molar refractivity (Wildman–Crippen MR) is 88.1 cm³/mol. The molecule has 0 aromatic heterocycles. The highest BCUT2D eigenvalue weighted by Gasteiger charge is 2.30. The lowest BCUT2D eigenvalue weighted by Gasteiger charge is -2.44. The fourth-order valence-corrected chi connectivity index (χ4v) is 4.05. The molecule has 3 nitrogen and oxygen atoms in total. The van der Waals surface area contributed by atoms with Gasteiger partial charge in [-0.2, -0.15) is 0 Å². The minimum Gasteiger partial charge on any atom is -0.327 e. The SMILES string of the molecule is CC1CC(N)CN(C2CCCN(Cc3ccccc3)C2)C1. The van der Waals surface area contributed by atoms with Crippen LogP contribution >= 0.6 is 0 Å². The molecule has 2 fully saturated rings. The van der Waals surface area contributed by atoms with E-state index < -0.39 is 0 Å². The van der Waals surface area contributed by atoms with E-state index in [2.05, 4.69) is 47.1 Å². The molecular formula is C18H29N3. The number of benzene rings is 1. The molecule has 0 amide bonds. The van der Waals surface area contributed by atoms with Gasteiger partial charge in [-0.05, 0) is 37.3 Å². The molecule has 3 rings (SSSR count). The monoisotopic (exact) mass is 287 g/mol. The van der Waals surface area contributed by atoms with Gasteiger partial charge in [0.05, 0.1) is 0 Å². The summed E-state index contributed by atoms with van der Waals surface area (Å²) in [7, 11) is 0. The van der Waals surface area contributed by atoms with Crippen LogP contribution in [0.4, 0.5) is 0 Å². The molecule has 2 N–H and O–H groups in total. The topological polar surface area (TPSA) is 32.5 Å². The number of hydrogen-bond acceptors (Lipinski definition) is 3. The van der Waals surface area contributed by atoms with Gasteiger partial charge in [0, 0.05) is 38.3 Å². The van der Waals surface area contributed by atoms with Crippen LogP contribution in [0.25, 0.3) is 0 Å². The van der Waals surface area contributed by atoms with Crippen molar-refractivity contribution in [1.29, 1.82) is 0 Å². The van der Waals surface area contributed by atoms with Crippen LogP contribution in [-0.2, 0) is 6.54 Å². The lowest BCUT2D eigenvalue weighted by atomic mass is 9.93. The number of hydrogen-bond donors (Lipinski definition) is 1. The Kier molecular flexibility index (Phi) is 4.94. The summed E-state index contributed by atoms with van der Waals surface area (Å²) in [6.07, 6.45) is 3.85. The Balaban J connectivity index is 1.58. The number of likely N-dealkylation sites (tertiary alicyclic amines) is 2. The molecule has 3 unspecified atom stereocenters. The minimum atomic E-state index is 0.373. The molecule has 21 heavy (non-hydrogen) atoms. The van der Waals surface area contributed by atoms with Crippen molar-refractivity contribution in [3.8, 4) is 0 Å². The van der Waals surface area contributed by atoms with Gasteiger partial charge in [-0.25, -0.2) is 0 Å². The lowest BCUT2D eigenvalue weighted by molar-refractivity contribution is 0.0564. The summed E-state index contributed by atoms with van der Waals surface area (Å²) < 4.78 is 0. The quantitative estimate of drug-likeness (QED) is 0.926. The van der Waals surface area contributed by atoms with E-state index >= 15 is 0 Å². The number of nitrogens with zero attached hydrogens (tertiary/aromatic N) is 2. The van der Waals surface area contributed by atoms with Crippen molar-refractivity contribution >= 4 is 0 Å². The van der Waals surface area contributed by atoms with E-state index in [0.717, 1.165) is 19.0 Å². The second-order valence-electron chi connectivity index (χ2n) is 7.07. The van der Waals surface area contributed by atoms with Gasteiger partial charge in [0.25, 0.3) is 0 Å². The Morgan fingerprint density at radius 1 is 1.14 bits per heavy atom. The Bertz CT molecular complexity index is 423. The fraction of sp³-hybridized carbons (Fsp3) is 0.667. The Hall–Kier alpha value is -0.900. The van der Waals surface area contributed by atoms with Crippen molar-refractivity contribution in [2.24, 2.45) is 11.7 Å². The molecule has 1 aromatic carbocycles. The van der Waals surface area contributed by atoms with Crippen molar-refractivity contribution in [3.05, 3.63) is 35.9 Å². The van der Waals surface area contributed by atoms with Gasteiger partial charge in [-0.15, -0.1) is 0 Å². The Morgan fingerprint density at radius 2 is 1.95 bits per heavy atom. The molecule has 3 atom stereocenters. The van der Waals surface area contributed by atoms with E-state index in [-0.39, 0.29) is 0 Å². The first-order valence-corrected chi connectivity index (χ1v) is 8.46. The first-order chi connectivity index (χ1) is 10.2. The van der Waals surface area contributed by atoms with Crippen LogP contribution in [-0.4, -0.2) is 48.1 Å². The van der Waals surface area contributed by atoms with Crippen molar-refractivity contribution in [3.63, 3.8) is 0 Å². The van der Waals surface area contributed by atoms with Gasteiger partial charge >= 0.3 is 0 Å². The molecule has 0 bridgehead atoms. The normalized spacial score (nSPS) is 32.2. The summed E-state index contributed by atoms with van der Waals surface area (Å²) in [5, 5.41) is 0. The van der Waals surface area contributed by atoms with E-state index in [1.807, 2.05) is 0 Å². The molecule has 0 aliphatic carbocycles. The second kappa shape index (κ2) is 6.91. The van der Waals surface area contributed by atoms with Gasteiger partial charge < -0.3 is 5.73 Å². The maximum Gasteiger partial charge on any atom is 0.0234 e. The zero-order valence-corrected chi connectivity index (χ0v) is 13.2. The van der Waals surface area contributed by atoms with Crippen LogP contribution in [0.3, 0.4) is 0 Å². The summed E-state index contributed by atoms with van der Waals surface area (Å²) >= 11 is 0. The van der Waals surface area contributed by atoms with Crippen molar-refractivity contribution in [2.45, 2.75) is 44.8 Å². The number of nitrogens with two attached hydrogens (primary N) is 1. The van der Waals surface area contributed by atoms with E-state index in [0.29, 0.717) is 12.1 Å². The van der Waals surface area contributed by atoms with Gasteiger partial charge in [-0.1, -0.05) is 37.3 Å². The molecular weight excluding hydrogens is 258 g/mol. The highest BCUT2D eigenvalue weighted by Crippen LogP contribution is 2.23. The second-order valence-corrected chi connectivity index (χ2v) is 7.07. The van der Waals surface area contributed by atoms with Crippen LogP contribution in [0, 0.1) is 5.92 Å². The van der Waals surface area contributed by atoms with E-state index in [1.165, 1.54) is 44.5 Å². The maximum absolute atomic E-state index is 6.23. The third-order valence-corrected chi connectivity index (χ3v) is 4.97. The third-order valence-electron chi connectivity index (χ3n) is 4.97. The van der Waals surface area contributed by atoms with Crippen molar-refractivity contribution < 1.29 is 0 Å².